The molecule has 234 valence electrons. The monoisotopic (exact) mass is 630 g/mol. The van der Waals surface area contributed by atoms with Crippen LogP contribution in [0.3, 0.4) is 0 Å². The SMILES string of the molecule is C#C/C=C(\N=C1CC=CC(/C=C\C)=C1N)c1ccc(-c2cccc(-c3cc(-c4ccccc4)nc(-c4ccccc4)n3)c2)c2ccccc12. The van der Waals surface area contributed by atoms with Gasteiger partial charge in [-0.25, -0.2) is 15.0 Å². The number of nitrogens with two attached hydrogens (primary N) is 1. The fourth-order valence-corrected chi connectivity index (χ4v) is 6.18. The fourth-order valence-electron chi connectivity index (χ4n) is 6.18. The Balaban J connectivity index is 1.33. The second kappa shape index (κ2) is 14.0. The Morgan fingerprint density at radius 1 is 0.735 bits per heavy atom. The molecule has 0 saturated carbocycles. The van der Waals surface area contributed by atoms with Crippen LogP contribution in [0.25, 0.3) is 61.5 Å². The van der Waals surface area contributed by atoms with Crippen LogP contribution in [0.2, 0.25) is 0 Å². The lowest BCUT2D eigenvalue weighted by molar-refractivity contribution is 1.18. The Hall–Kier alpha value is -6.57. The second-order valence-corrected chi connectivity index (χ2v) is 11.7. The summed E-state index contributed by atoms with van der Waals surface area (Å²) < 4.78 is 0. The van der Waals surface area contributed by atoms with Crippen LogP contribution in [0.4, 0.5) is 0 Å². The zero-order valence-corrected chi connectivity index (χ0v) is 27.2. The third-order valence-corrected chi connectivity index (χ3v) is 8.55. The van der Waals surface area contributed by atoms with Gasteiger partial charge in [-0.2, -0.15) is 0 Å². The summed E-state index contributed by atoms with van der Waals surface area (Å²) >= 11 is 0. The molecular formula is C45H34N4. The molecule has 2 N–H and O–H groups in total. The Labute approximate surface area is 287 Å². The summed E-state index contributed by atoms with van der Waals surface area (Å²) in [5.74, 6) is 3.39. The zero-order valence-electron chi connectivity index (χ0n) is 27.2. The van der Waals surface area contributed by atoms with E-state index in [9.17, 15) is 0 Å². The lowest BCUT2D eigenvalue weighted by Gasteiger charge is -2.16. The maximum Gasteiger partial charge on any atom is 0.160 e. The first-order chi connectivity index (χ1) is 24.1. The fraction of sp³-hybridized carbons (Fsp3) is 0.0444. The Kier molecular flexibility index (Phi) is 8.90. The van der Waals surface area contributed by atoms with Crippen LogP contribution in [0.5, 0.6) is 0 Å². The molecule has 6 aromatic rings. The van der Waals surface area contributed by atoms with E-state index in [0.717, 1.165) is 66.8 Å². The van der Waals surface area contributed by atoms with Gasteiger partial charge in [0.15, 0.2) is 5.82 Å². The van der Waals surface area contributed by atoms with E-state index in [2.05, 4.69) is 84.8 Å². The van der Waals surface area contributed by atoms with E-state index in [1.54, 1.807) is 6.08 Å². The average molecular weight is 631 g/mol. The highest BCUT2D eigenvalue weighted by Crippen LogP contribution is 2.36. The lowest BCUT2D eigenvalue weighted by atomic mass is 9.92. The van der Waals surface area contributed by atoms with Gasteiger partial charge in [0, 0.05) is 34.8 Å². The van der Waals surface area contributed by atoms with E-state index in [4.69, 9.17) is 27.1 Å². The van der Waals surface area contributed by atoms with Gasteiger partial charge in [-0.1, -0.05) is 145 Å². The van der Waals surface area contributed by atoms with E-state index in [1.807, 2.05) is 79.7 Å². The van der Waals surface area contributed by atoms with Gasteiger partial charge in [0.1, 0.15) is 0 Å². The molecule has 0 fully saturated rings. The number of fused-ring (bicyclic) bond motifs is 1. The van der Waals surface area contributed by atoms with Crippen molar-refractivity contribution in [3.8, 4) is 57.4 Å². The van der Waals surface area contributed by atoms with Gasteiger partial charge < -0.3 is 5.73 Å². The van der Waals surface area contributed by atoms with Crippen LogP contribution in [0.15, 0.2) is 174 Å². The maximum absolute atomic E-state index is 6.55. The molecule has 1 aliphatic rings. The molecule has 0 amide bonds. The van der Waals surface area contributed by atoms with E-state index >= 15 is 0 Å². The van der Waals surface area contributed by atoms with E-state index in [1.165, 1.54) is 0 Å². The van der Waals surface area contributed by atoms with Gasteiger partial charge in [0.25, 0.3) is 0 Å². The standard InChI is InChI=1S/C45H34N4/c1-3-15-32-21-14-26-41(44(32)46)47-40(16-4-2)39-28-27-36(37-24-11-12-25-38(37)39)34-22-13-23-35(29-34)43-30-42(31-17-7-5-8-18-31)48-45(49-43)33-19-9-6-10-20-33/h2-3,5-25,27-30H,26,46H2,1H3/b15-3-,40-16-,47-41?. The quantitative estimate of drug-likeness (QED) is 0.179. The first-order valence-corrected chi connectivity index (χ1v) is 16.3. The number of hydrogen-bond acceptors (Lipinski definition) is 4. The molecule has 0 radical (unpaired) electrons. The van der Waals surface area contributed by atoms with Gasteiger partial charge in [0.05, 0.1) is 28.5 Å². The molecule has 7 rings (SSSR count). The lowest BCUT2D eigenvalue weighted by Crippen LogP contribution is -2.16. The molecule has 0 unspecified atom stereocenters. The van der Waals surface area contributed by atoms with Crippen molar-refractivity contribution in [1.29, 1.82) is 0 Å². The first-order valence-electron chi connectivity index (χ1n) is 16.3. The van der Waals surface area contributed by atoms with Gasteiger partial charge in [-0.05, 0) is 46.5 Å². The number of hydrogen-bond donors (Lipinski definition) is 1. The molecule has 0 atom stereocenters. The molecule has 49 heavy (non-hydrogen) atoms. The minimum atomic E-state index is 0.638. The van der Waals surface area contributed by atoms with Crippen LogP contribution < -0.4 is 5.73 Å². The predicted molar refractivity (Wildman–Crippen MR) is 205 cm³/mol. The molecule has 0 saturated heterocycles. The number of aromatic nitrogens is 2. The zero-order chi connectivity index (χ0) is 33.6. The summed E-state index contributed by atoms with van der Waals surface area (Å²) in [4.78, 5) is 15.1. The predicted octanol–water partition coefficient (Wildman–Crippen LogP) is 10.5. The summed E-state index contributed by atoms with van der Waals surface area (Å²) in [5.41, 5.74) is 17.5. The topological polar surface area (TPSA) is 64.2 Å². The number of aliphatic imine (C=N–C) groups is 1. The van der Waals surface area contributed by atoms with Crippen molar-refractivity contribution in [3.63, 3.8) is 0 Å². The average Bonchev–Trinajstić information content (AvgIpc) is 3.16. The van der Waals surface area contributed by atoms with Crippen molar-refractivity contribution in [2.75, 3.05) is 0 Å². The molecule has 1 aromatic heterocycles. The molecule has 4 heteroatoms. The number of allylic oxidation sites excluding steroid dienone is 7. The van der Waals surface area contributed by atoms with Gasteiger partial charge in [-0.3, -0.25) is 0 Å². The van der Waals surface area contributed by atoms with Crippen molar-refractivity contribution in [2.24, 2.45) is 10.7 Å². The van der Waals surface area contributed by atoms with Crippen LogP contribution in [-0.2, 0) is 0 Å². The Bertz CT molecular complexity index is 2310. The van der Waals surface area contributed by atoms with Gasteiger partial charge in [-0.15, -0.1) is 6.42 Å². The van der Waals surface area contributed by atoms with Gasteiger partial charge in [0.2, 0.25) is 0 Å². The summed E-state index contributed by atoms with van der Waals surface area (Å²) in [7, 11) is 0. The van der Waals surface area contributed by atoms with Crippen LogP contribution in [-0.4, -0.2) is 15.7 Å². The Morgan fingerprint density at radius 2 is 1.39 bits per heavy atom. The maximum atomic E-state index is 6.55. The van der Waals surface area contributed by atoms with E-state index in [0.29, 0.717) is 23.6 Å². The normalized spacial score (nSPS) is 14.1. The number of benzene rings is 5. The minimum Gasteiger partial charge on any atom is -0.397 e. The molecule has 1 aliphatic carbocycles. The number of rotatable bonds is 7. The van der Waals surface area contributed by atoms with Crippen LogP contribution >= 0.6 is 0 Å². The van der Waals surface area contributed by atoms with Crippen molar-refractivity contribution in [2.45, 2.75) is 13.3 Å². The third kappa shape index (κ3) is 6.52. The van der Waals surface area contributed by atoms with Crippen molar-refractivity contribution < 1.29 is 0 Å². The molecule has 0 aliphatic heterocycles. The largest absolute Gasteiger partial charge is 0.397 e. The first kappa shape index (κ1) is 31.1. The van der Waals surface area contributed by atoms with E-state index < -0.39 is 0 Å². The Morgan fingerprint density at radius 3 is 2.12 bits per heavy atom. The summed E-state index contributed by atoms with van der Waals surface area (Å²) in [6.07, 6.45) is 16.3. The summed E-state index contributed by atoms with van der Waals surface area (Å²) in [6, 6.07) is 43.6. The van der Waals surface area contributed by atoms with Gasteiger partial charge >= 0.3 is 0 Å². The molecule has 1 heterocycles. The molecule has 0 bridgehead atoms. The highest BCUT2D eigenvalue weighted by atomic mass is 14.9. The third-order valence-electron chi connectivity index (χ3n) is 8.55. The second-order valence-electron chi connectivity index (χ2n) is 11.7. The highest BCUT2D eigenvalue weighted by Gasteiger charge is 2.16. The summed E-state index contributed by atoms with van der Waals surface area (Å²) in [5, 5.41) is 2.15. The molecule has 0 spiro atoms. The van der Waals surface area contributed by atoms with Crippen LogP contribution in [0.1, 0.15) is 18.9 Å². The minimum absolute atomic E-state index is 0.638. The highest BCUT2D eigenvalue weighted by molar-refractivity contribution is 6.08. The van der Waals surface area contributed by atoms with Crippen molar-refractivity contribution >= 4 is 22.2 Å². The van der Waals surface area contributed by atoms with Crippen molar-refractivity contribution in [1.82, 2.24) is 9.97 Å². The number of nitrogens with zero attached hydrogens (tertiary/aromatic N) is 3. The van der Waals surface area contributed by atoms with Crippen molar-refractivity contribution in [3.05, 3.63) is 175 Å². The molecule has 5 aromatic carbocycles. The summed E-state index contributed by atoms with van der Waals surface area (Å²) in [6.45, 7) is 1.98. The molecule has 4 nitrogen and oxygen atoms in total. The molecular weight excluding hydrogens is 597 g/mol. The smallest absolute Gasteiger partial charge is 0.160 e. The number of terminal acetylenes is 1. The van der Waals surface area contributed by atoms with E-state index in [-0.39, 0.29) is 0 Å². The van der Waals surface area contributed by atoms with Crippen LogP contribution in [0, 0.1) is 12.3 Å².